The van der Waals surface area contributed by atoms with Gasteiger partial charge in [0.05, 0.1) is 15.5 Å². The molecule has 2 aliphatic heterocycles. The maximum absolute atomic E-state index is 12.5. The van der Waals surface area contributed by atoms with Crippen molar-refractivity contribution in [2.75, 3.05) is 29.4 Å². The van der Waals surface area contributed by atoms with E-state index in [0.29, 0.717) is 50.5 Å². The Morgan fingerprint density at radius 2 is 1.50 bits per heavy atom. The van der Waals surface area contributed by atoms with Crippen LogP contribution >= 0.6 is 24.0 Å². The van der Waals surface area contributed by atoms with Crippen LogP contribution in [0.3, 0.4) is 0 Å². The van der Waals surface area contributed by atoms with Gasteiger partial charge in [0.15, 0.2) is 5.69 Å². The number of unbranched alkanes of at least 4 members (excludes halogenated alkanes) is 2. The number of nitrogens with zero attached hydrogens (tertiary/aromatic N) is 1. The molecule has 0 radical (unpaired) electrons. The summed E-state index contributed by atoms with van der Waals surface area (Å²) < 4.78 is 0.428. The smallest absolute Gasteiger partial charge is 0.297 e. The Morgan fingerprint density at radius 1 is 0.886 bits per heavy atom. The first-order valence-electron chi connectivity index (χ1n) is 13.6. The molecule has 3 aromatic carbocycles. The van der Waals surface area contributed by atoms with Crippen LogP contribution in [0.4, 0.5) is 28.4 Å². The minimum atomic E-state index is -0.504. The van der Waals surface area contributed by atoms with E-state index >= 15 is 0 Å². The van der Waals surface area contributed by atoms with Crippen molar-refractivity contribution < 1.29 is 24.2 Å². The number of nitrogens with one attached hydrogen (secondary N) is 6. The quantitative estimate of drug-likeness (QED) is 0.0529. The Bertz CT molecular complexity index is 1650. The fraction of sp³-hybridized carbons (Fsp3) is 0.172. The molecular formula is C29H27N7O6S2. The van der Waals surface area contributed by atoms with Gasteiger partial charge in [-0.25, -0.2) is 11.0 Å². The number of thiocarbonyl (C=S) groups is 1. The highest BCUT2D eigenvalue weighted by Crippen LogP contribution is 2.42. The number of nitro benzene ring substituents is 1. The third kappa shape index (κ3) is 7.50. The molecule has 15 heteroatoms. The summed E-state index contributed by atoms with van der Waals surface area (Å²) in [5, 5.41) is 22.7. The minimum Gasteiger partial charge on any atom is -0.354 e. The predicted molar refractivity (Wildman–Crippen MR) is 172 cm³/mol. The topological polar surface area (TPSA) is 176 Å². The molecule has 0 saturated carbocycles. The lowest BCUT2D eigenvalue weighted by Crippen LogP contribution is -2.26. The van der Waals surface area contributed by atoms with E-state index in [9.17, 15) is 24.5 Å². The molecule has 1 fully saturated rings. The molecule has 1 saturated heterocycles. The van der Waals surface area contributed by atoms with Crippen molar-refractivity contribution >= 4 is 80.5 Å². The van der Waals surface area contributed by atoms with Gasteiger partial charge in [-0.3, -0.25) is 24.5 Å². The number of anilines is 4. The Morgan fingerprint density at radius 3 is 2.09 bits per heavy atom. The molecule has 0 aliphatic carbocycles. The summed E-state index contributed by atoms with van der Waals surface area (Å²) in [6, 6.07) is 16.8. The highest BCUT2D eigenvalue weighted by atomic mass is 32.2. The number of fused-ring (bicyclic) bond motifs is 1. The Balaban J connectivity index is 0.991. The van der Waals surface area contributed by atoms with Crippen LogP contribution in [0.25, 0.3) is 6.08 Å². The van der Waals surface area contributed by atoms with Gasteiger partial charge in [0.25, 0.3) is 23.4 Å². The summed E-state index contributed by atoms with van der Waals surface area (Å²) >= 11 is 6.20. The first kappa shape index (κ1) is 30.5. The van der Waals surface area contributed by atoms with Crippen molar-refractivity contribution in [2.45, 2.75) is 19.3 Å². The lowest BCUT2D eigenvalue weighted by atomic mass is 10.1. The largest absolute Gasteiger partial charge is 0.354 e. The lowest BCUT2D eigenvalue weighted by molar-refractivity contribution is -0.384. The summed E-state index contributed by atoms with van der Waals surface area (Å²) in [5.74, 6) is -0.598. The van der Waals surface area contributed by atoms with Gasteiger partial charge in [0.2, 0.25) is 0 Å². The zero-order valence-electron chi connectivity index (χ0n) is 23.1. The van der Waals surface area contributed by atoms with Crippen molar-refractivity contribution in [3.8, 4) is 0 Å². The number of rotatable bonds is 12. The number of carbonyl (C=O) groups is 3. The summed E-state index contributed by atoms with van der Waals surface area (Å²) in [5.41, 5.74) is 8.67. The Hall–Kier alpha value is -4.99. The van der Waals surface area contributed by atoms with Gasteiger partial charge >= 0.3 is 0 Å². The van der Waals surface area contributed by atoms with Crippen LogP contribution < -0.4 is 32.2 Å². The fourth-order valence-corrected chi connectivity index (χ4v) is 5.43. The molecule has 3 amide bonds. The fourth-order valence-electron chi connectivity index (χ4n) is 4.38. The molecule has 44 heavy (non-hydrogen) atoms. The lowest BCUT2D eigenvalue weighted by Gasteiger charge is -2.11. The molecule has 226 valence electrons. The Kier molecular flexibility index (Phi) is 9.69. The maximum atomic E-state index is 12.5. The standard InChI is InChI=1S/C29H27N7O6S2/c37-26(18-6-4-17(5-7-18)16-23-28(39)33-29(43)44-23)30-14-2-1-3-15-31-27(38)19-8-10-20(11-9-19)32-21-12-13-22(36(40)41)25-24(21)34-42-35-25/h4-13,16,32,34-35H,1-3,14-15H2,(H,30,37)(H,31,38)(H,33,39,43)/b23-16-. The van der Waals surface area contributed by atoms with Crippen LogP contribution in [0.1, 0.15) is 45.5 Å². The summed E-state index contributed by atoms with van der Waals surface area (Å²) in [7, 11) is 0. The zero-order valence-corrected chi connectivity index (χ0v) is 24.7. The van der Waals surface area contributed by atoms with Gasteiger partial charge in [0, 0.05) is 36.0 Å². The van der Waals surface area contributed by atoms with Crippen LogP contribution in [0.15, 0.2) is 65.6 Å². The van der Waals surface area contributed by atoms with E-state index in [4.69, 9.17) is 17.2 Å². The Labute approximate surface area is 261 Å². The normalized spacial score (nSPS) is 14.3. The second-order valence-corrected chi connectivity index (χ2v) is 11.4. The van der Waals surface area contributed by atoms with Gasteiger partial charge in [0.1, 0.15) is 10.0 Å². The van der Waals surface area contributed by atoms with Crippen LogP contribution in [-0.2, 0) is 9.73 Å². The third-order valence-corrected chi connectivity index (χ3v) is 7.81. The molecule has 6 N–H and O–H groups in total. The van der Waals surface area contributed by atoms with Gasteiger partial charge < -0.3 is 21.3 Å². The second-order valence-electron chi connectivity index (χ2n) is 9.69. The van der Waals surface area contributed by atoms with Gasteiger partial charge in [-0.1, -0.05) is 36.1 Å². The molecule has 0 atom stereocenters. The summed E-state index contributed by atoms with van der Waals surface area (Å²) in [6.07, 6.45) is 4.07. The third-order valence-electron chi connectivity index (χ3n) is 6.65. The van der Waals surface area contributed by atoms with Crippen LogP contribution in [0.5, 0.6) is 0 Å². The van der Waals surface area contributed by atoms with Crippen molar-refractivity contribution in [2.24, 2.45) is 0 Å². The molecule has 0 aromatic heterocycles. The van der Waals surface area contributed by atoms with E-state index in [1.165, 1.54) is 17.8 Å². The average molecular weight is 634 g/mol. The van der Waals surface area contributed by atoms with Crippen molar-refractivity contribution in [3.63, 3.8) is 0 Å². The maximum Gasteiger partial charge on any atom is 0.297 e. The second kappa shape index (κ2) is 14.0. The number of nitro groups is 1. The van der Waals surface area contributed by atoms with E-state index in [2.05, 4.69) is 32.2 Å². The number of carbonyl (C=O) groups excluding carboxylic acids is 3. The van der Waals surface area contributed by atoms with Gasteiger partial charge in [-0.2, -0.15) is 4.94 Å². The van der Waals surface area contributed by atoms with E-state index in [0.717, 1.165) is 24.8 Å². The SMILES string of the molecule is O=C1NC(=S)S/C1=C\c1ccc(C(=O)NCCCCCNC(=O)c2ccc(Nc3ccc([N+](=O)[O-])c4c3NON4)cc2)cc1. The summed E-state index contributed by atoms with van der Waals surface area (Å²) in [4.78, 5) is 52.9. The molecule has 0 spiro atoms. The number of amides is 3. The van der Waals surface area contributed by atoms with Crippen molar-refractivity contribution in [1.82, 2.24) is 16.0 Å². The molecule has 2 heterocycles. The van der Waals surface area contributed by atoms with Crippen molar-refractivity contribution in [1.29, 1.82) is 0 Å². The van der Waals surface area contributed by atoms with Gasteiger partial charge in [-0.05, 0) is 73.4 Å². The van der Waals surface area contributed by atoms with E-state index in [1.807, 2.05) is 0 Å². The number of hydrogen-bond donors (Lipinski definition) is 6. The highest BCUT2D eigenvalue weighted by Gasteiger charge is 2.26. The monoisotopic (exact) mass is 633 g/mol. The van der Waals surface area contributed by atoms with Gasteiger partial charge in [-0.15, -0.1) is 0 Å². The molecule has 3 aromatic rings. The van der Waals surface area contributed by atoms with E-state index in [-0.39, 0.29) is 29.1 Å². The number of benzene rings is 3. The average Bonchev–Trinajstić information content (AvgIpc) is 3.63. The van der Waals surface area contributed by atoms with Crippen LogP contribution in [0, 0.1) is 10.1 Å². The number of thioether (sulfide) groups is 1. The molecule has 0 bridgehead atoms. The first-order valence-corrected chi connectivity index (χ1v) is 14.8. The molecule has 13 nitrogen and oxygen atoms in total. The molecule has 5 rings (SSSR count). The molecule has 0 unspecified atom stereocenters. The van der Waals surface area contributed by atoms with E-state index < -0.39 is 4.92 Å². The molecular weight excluding hydrogens is 606 g/mol. The predicted octanol–water partition coefficient (Wildman–Crippen LogP) is 4.84. The van der Waals surface area contributed by atoms with Crippen LogP contribution in [-0.4, -0.2) is 40.1 Å². The minimum absolute atomic E-state index is 0.119. The van der Waals surface area contributed by atoms with Crippen LogP contribution in [0.2, 0.25) is 0 Å². The zero-order chi connectivity index (χ0) is 31.1. The highest BCUT2D eigenvalue weighted by molar-refractivity contribution is 8.26. The van der Waals surface area contributed by atoms with E-state index in [1.54, 1.807) is 60.7 Å². The number of hydrogen-bond acceptors (Lipinski definition) is 11. The molecule has 2 aliphatic rings. The summed E-state index contributed by atoms with van der Waals surface area (Å²) in [6.45, 7) is 1.01. The first-order chi connectivity index (χ1) is 21.3. The van der Waals surface area contributed by atoms with Crippen molar-refractivity contribution in [3.05, 3.63) is 92.4 Å².